The molecule has 11 heteroatoms. The highest BCUT2D eigenvalue weighted by atomic mass is 32.5. The van der Waals surface area contributed by atoms with E-state index >= 15 is 0 Å². The van der Waals surface area contributed by atoms with Crippen molar-refractivity contribution in [3.8, 4) is 0 Å². The Kier molecular flexibility index (Phi) is 12.2. The van der Waals surface area contributed by atoms with Gasteiger partial charge in [0, 0.05) is 0 Å². The number of hydrogen-bond acceptors (Lipinski definition) is 2. The Hall–Kier alpha value is 1.83. The van der Waals surface area contributed by atoms with E-state index in [2.05, 4.69) is 23.6 Å². The van der Waals surface area contributed by atoms with Crippen molar-refractivity contribution in [2.75, 3.05) is 0 Å². The van der Waals surface area contributed by atoms with Crippen LogP contribution in [-0.4, -0.2) is 52.4 Å². The Balaban J connectivity index is -0.000000107. The van der Waals surface area contributed by atoms with Crippen molar-refractivity contribution in [1.29, 1.82) is 0 Å². The average molecular weight is 254 g/mol. The van der Waals surface area contributed by atoms with Gasteiger partial charge in [-0.05, 0) is 23.6 Å². The summed E-state index contributed by atoms with van der Waals surface area (Å²) in [5, 5.41) is 0. The van der Waals surface area contributed by atoms with Gasteiger partial charge in [-0.3, -0.25) is 0 Å². The molecule has 0 saturated heterocycles. The Morgan fingerprint density at radius 1 is 0.636 bits per heavy atom. The van der Waals surface area contributed by atoms with E-state index in [1.54, 1.807) is 0 Å². The van der Waals surface area contributed by atoms with Crippen molar-refractivity contribution in [2.24, 2.45) is 0 Å². The van der Waals surface area contributed by atoms with Crippen LogP contribution in [0.15, 0.2) is 0 Å². The smallest absolute Gasteiger partial charge is 0.319 e. The molecule has 0 aliphatic heterocycles. The first-order chi connectivity index (χ1) is 4.00. The molecular formula is H8MgO6P2S2. The summed E-state index contributed by atoms with van der Waals surface area (Å²) < 4.78 is 0. The predicted octanol–water partition coefficient (Wildman–Crippen LogP) is -2.54. The van der Waals surface area contributed by atoms with Crippen molar-refractivity contribution >= 4 is 60.1 Å². The molecule has 0 aliphatic carbocycles. The molecule has 0 amide bonds. The zero-order chi connectivity index (χ0) is 9.00. The molecule has 68 valence electrons. The maximum absolute atomic E-state index is 7.56. The molecule has 0 heterocycles. The van der Waals surface area contributed by atoms with Crippen LogP contribution in [0.3, 0.4) is 0 Å². The van der Waals surface area contributed by atoms with Crippen LogP contribution in [-0.2, 0) is 23.6 Å². The minimum Gasteiger partial charge on any atom is -0.325 e. The van der Waals surface area contributed by atoms with Crippen LogP contribution in [0.1, 0.15) is 0 Å². The normalized spacial score (nSPS) is 10.7. The lowest BCUT2D eigenvalue weighted by Crippen LogP contribution is -1.65. The van der Waals surface area contributed by atoms with Crippen molar-refractivity contribution in [3.63, 3.8) is 0 Å². The summed E-state index contributed by atoms with van der Waals surface area (Å²) >= 11 is 7.21. The SMILES string of the molecule is OP(O)(O)=S.OP(O)(O)=S.[MgH2]. The Morgan fingerprint density at radius 2 is 0.636 bits per heavy atom. The van der Waals surface area contributed by atoms with E-state index in [9.17, 15) is 0 Å². The van der Waals surface area contributed by atoms with Gasteiger partial charge in [0.25, 0.3) is 0 Å². The van der Waals surface area contributed by atoms with Crippen LogP contribution >= 0.6 is 13.4 Å². The molecule has 0 bridgehead atoms. The molecule has 6 nitrogen and oxygen atoms in total. The standard InChI is InChI=1S/Mg.2H3O3PS.2H/c;2*1-4(2,3)5;;/h;2*(H3,1,2,3,5);;. The van der Waals surface area contributed by atoms with E-state index in [0.29, 0.717) is 0 Å². The summed E-state index contributed by atoms with van der Waals surface area (Å²) in [5.41, 5.74) is 0. The summed E-state index contributed by atoms with van der Waals surface area (Å²) in [6.45, 7) is -7.61. The molecule has 0 aromatic rings. The fourth-order valence-corrected chi connectivity index (χ4v) is 0. The number of rotatable bonds is 0. The second kappa shape index (κ2) is 7.25. The molecule has 0 spiro atoms. The molecule has 0 radical (unpaired) electrons. The highest BCUT2D eigenvalue weighted by Gasteiger charge is 1.92. The fourth-order valence-electron chi connectivity index (χ4n) is 0. The Morgan fingerprint density at radius 3 is 0.636 bits per heavy atom. The maximum Gasteiger partial charge on any atom is 0.319 e. The second-order valence-electron chi connectivity index (χ2n) is 1.03. The van der Waals surface area contributed by atoms with E-state index in [4.69, 9.17) is 29.4 Å². The summed E-state index contributed by atoms with van der Waals surface area (Å²) in [6.07, 6.45) is 0. The first-order valence-corrected chi connectivity index (χ1v) is 6.89. The Bertz CT molecular complexity index is 131. The first-order valence-electron chi connectivity index (χ1n) is 1.57. The highest BCUT2D eigenvalue weighted by Crippen LogP contribution is 2.26. The van der Waals surface area contributed by atoms with Gasteiger partial charge in [-0.15, -0.1) is 0 Å². The summed E-state index contributed by atoms with van der Waals surface area (Å²) in [6, 6.07) is 0. The van der Waals surface area contributed by atoms with Crippen LogP contribution in [0.4, 0.5) is 0 Å². The Labute approximate surface area is 89.2 Å². The van der Waals surface area contributed by atoms with Crippen molar-refractivity contribution in [1.82, 2.24) is 0 Å². The molecule has 0 aliphatic rings. The van der Waals surface area contributed by atoms with Crippen LogP contribution in [0.25, 0.3) is 0 Å². The lowest BCUT2D eigenvalue weighted by atomic mass is 15.8. The third kappa shape index (κ3) is 342. The second-order valence-corrected chi connectivity index (χ2v) is 6.02. The molecular weight excluding hydrogens is 246 g/mol. The number of hydrogen-bond donors (Lipinski definition) is 6. The third-order valence-electron chi connectivity index (χ3n) is 0. The molecule has 11 heavy (non-hydrogen) atoms. The van der Waals surface area contributed by atoms with E-state index in [-0.39, 0.29) is 23.1 Å². The van der Waals surface area contributed by atoms with Crippen LogP contribution in [0.2, 0.25) is 0 Å². The van der Waals surface area contributed by atoms with Gasteiger partial charge in [0.1, 0.15) is 0 Å². The van der Waals surface area contributed by atoms with Gasteiger partial charge >= 0.3 is 36.5 Å². The van der Waals surface area contributed by atoms with Crippen LogP contribution in [0, 0.1) is 0 Å². The fraction of sp³-hybridized carbons (Fsp3) is 0. The van der Waals surface area contributed by atoms with Gasteiger partial charge in [-0.2, -0.15) is 0 Å². The minimum atomic E-state index is -3.81. The van der Waals surface area contributed by atoms with Gasteiger partial charge in [0.05, 0.1) is 0 Å². The molecule has 0 saturated carbocycles. The van der Waals surface area contributed by atoms with Gasteiger partial charge in [0.2, 0.25) is 0 Å². The topological polar surface area (TPSA) is 121 Å². The first kappa shape index (κ1) is 18.6. The molecule has 6 N–H and O–H groups in total. The average Bonchev–Trinajstić information content (AvgIpc) is 1.12. The van der Waals surface area contributed by atoms with Gasteiger partial charge in [-0.25, -0.2) is 0 Å². The van der Waals surface area contributed by atoms with Crippen molar-refractivity contribution in [2.45, 2.75) is 0 Å². The summed E-state index contributed by atoms with van der Waals surface area (Å²) in [5.74, 6) is 0. The molecule has 0 rings (SSSR count). The van der Waals surface area contributed by atoms with E-state index in [0.717, 1.165) is 0 Å². The zero-order valence-electron chi connectivity index (χ0n) is 4.39. The summed E-state index contributed by atoms with van der Waals surface area (Å²) in [7, 11) is 0. The van der Waals surface area contributed by atoms with Crippen LogP contribution in [0.5, 0.6) is 0 Å². The van der Waals surface area contributed by atoms with Gasteiger partial charge in [-0.1, -0.05) is 0 Å². The van der Waals surface area contributed by atoms with E-state index < -0.39 is 13.4 Å². The molecule has 0 fully saturated rings. The maximum atomic E-state index is 7.56. The molecule has 0 atom stereocenters. The van der Waals surface area contributed by atoms with Gasteiger partial charge in [0.15, 0.2) is 0 Å². The highest BCUT2D eigenvalue weighted by molar-refractivity contribution is 8.06. The minimum absolute atomic E-state index is 0. The molecule has 0 unspecified atom stereocenters. The quantitative estimate of drug-likeness (QED) is 0.207. The monoisotopic (exact) mass is 254 g/mol. The lowest BCUT2D eigenvalue weighted by Gasteiger charge is -1.88. The van der Waals surface area contributed by atoms with E-state index in [1.165, 1.54) is 0 Å². The van der Waals surface area contributed by atoms with Crippen molar-refractivity contribution < 1.29 is 29.4 Å². The summed E-state index contributed by atoms with van der Waals surface area (Å²) in [4.78, 5) is 45.3. The molecule has 0 aromatic heterocycles. The lowest BCUT2D eigenvalue weighted by molar-refractivity contribution is 0.361. The zero-order valence-corrected chi connectivity index (χ0v) is 7.82. The predicted molar refractivity (Wildman–Crippen MR) is 50.4 cm³/mol. The van der Waals surface area contributed by atoms with Gasteiger partial charge < -0.3 is 29.4 Å². The third-order valence-corrected chi connectivity index (χ3v) is 0. The van der Waals surface area contributed by atoms with E-state index in [1.807, 2.05) is 0 Å². The van der Waals surface area contributed by atoms with Crippen molar-refractivity contribution in [3.05, 3.63) is 0 Å². The van der Waals surface area contributed by atoms with Crippen LogP contribution < -0.4 is 0 Å². The molecule has 0 aromatic carbocycles. The largest absolute Gasteiger partial charge is 0.325 e.